The maximum absolute atomic E-state index is 12.6. The number of aryl methyl sites for hydroxylation is 1. The van der Waals surface area contributed by atoms with Crippen molar-refractivity contribution in [3.63, 3.8) is 0 Å². The van der Waals surface area contributed by atoms with Crippen LogP contribution in [0.5, 0.6) is 5.75 Å². The van der Waals surface area contributed by atoms with Crippen LogP contribution in [0.3, 0.4) is 0 Å². The number of hydrogen-bond acceptors (Lipinski definition) is 5. The first-order chi connectivity index (χ1) is 17.9. The molecule has 6 nitrogen and oxygen atoms in total. The Bertz CT molecular complexity index is 1580. The van der Waals surface area contributed by atoms with E-state index in [0.717, 1.165) is 16.7 Å². The average molecular weight is 528 g/mol. The van der Waals surface area contributed by atoms with Crippen molar-refractivity contribution in [1.82, 2.24) is 10.3 Å². The van der Waals surface area contributed by atoms with E-state index >= 15 is 0 Å². The third kappa shape index (κ3) is 5.97. The van der Waals surface area contributed by atoms with Gasteiger partial charge in [-0.05, 0) is 84.9 Å². The van der Waals surface area contributed by atoms with Crippen LogP contribution in [0.15, 0.2) is 95.4 Å². The second kappa shape index (κ2) is 10.8. The predicted molar refractivity (Wildman–Crippen MR) is 150 cm³/mol. The van der Waals surface area contributed by atoms with Gasteiger partial charge in [-0.3, -0.25) is 10.1 Å². The number of hydrogen-bond donors (Lipinski definition) is 2. The van der Waals surface area contributed by atoms with Crippen molar-refractivity contribution in [2.75, 3.05) is 5.32 Å². The maximum atomic E-state index is 12.6. The molecule has 4 aromatic carbocycles. The highest BCUT2D eigenvalue weighted by Crippen LogP contribution is 2.29. The summed E-state index contributed by atoms with van der Waals surface area (Å²) in [6, 6.07) is 27.8. The van der Waals surface area contributed by atoms with Gasteiger partial charge in [0, 0.05) is 21.8 Å². The van der Waals surface area contributed by atoms with Crippen molar-refractivity contribution in [3.05, 3.63) is 113 Å². The number of nitrogens with one attached hydrogen (secondary N) is 2. The molecule has 0 spiro atoms. The zero-order valence-electron chi connectivity index (χ0n) is 19.8. The molecule has 1 amide bonds. The van der Waals surface area contributed by atoms with Gasteiger partial charge < -0.3 is 14.5 Å². The van der Waals surface area contributed by atoms with Crippen LogP contribution in [0.1, 0.15) is 21.5 Å². The number of carbonyl (C=O) groups excluding carboxylic acids is 1. The first kappa shape index (κ1) is 24.5. The summed E-state index contributed by atoms with van der Waals surface area (Å²) < 4.78 is 11.6. The van der Waals surface area contributed by atoms with Crippen LogP contribution in [-0.4, -0.2) is 16.0 Å². The Morgan fingerprint density at radius 2 is 1.78 bits per heavy atom. The van der Waals surface area contributed by atoms with Crippen molar-refractivity contribution in [2.24, 2.45) is 0 Å². The maximum Gasteiger partial charge on any atom is 0.257 e. The van der Waals surface area contributed by atoms with Gasteiger partial charge in [0.15, 0.2) is 10.7 Å². The molecule has 0 radical (unpaired) electrons. The lowest BCUT2D eigenvalue weighted by Crippen LogP contribution is -2.34. The molecule has 0 atom stereocenters. The number of benzene rings is 4. The molecule has 37 heavy (non-hydrogen) atoms. The molecule has 0 aliphatic carbocycles. The summed E-state index contributed by atoms with van der Waals surface area (Å²) in [6.07, 6.45) is 0. The predicted octanol–water partition coefficient (Wildman–Crippen LogP) is 7.16. The van der Waals surface area contributed by atoms with Gasteiger partial charge in [0.2, 0.25) is 5.89 Å². The number of carbonyl (C=O) groups is 1. The number of rotatable bonds is 6. The summed E-state index contributed by atoms with van der Waals surface area (Å²) in [5.41, 5.74) is 5.25. The fourth-order valence-corrected chi connectivity index (χ4v) is 4.03. The molecule has 0 saturated heterocycles. The van der Waals surface area contributed by atoms with Crippen LogP contribution in [0.2, 0.25) is 5.02 Å². The van der Waals surface area contributed by atoms with Crippen LogP contribution in [0.4, 0.5) is 5.69 Å². The summed E-state index contributed by atoms with van der Waals surface area (Å²) in [4.78, 5) is 17.2. The van der Waals surface area contributed by atoms with E-state index in [-0.39, 0.29) is 11.0 Å². The van der Waals surface area contributed by atoms with Gasteiger partial charge in [-0.15, -0.1) is 0 Å². The third-order valence-electron chi connectivity index (χ3n) is 5.66. The molecule has 184 valence electrons. The number of oxazole rings is 1. The highest BCUT2D eigenvalue weighted by atomic mass is 35.5. The Kier molecular flexibility index (Phi) is 7.16. The number of nitrogens with zero attached hydrogens (tertiary/aromatic N) is 1. The van der Waals surface area contributed by atoms with Crippen molar-refractivity contribution in [1.29, 1.82) is 0 Å². The van der Waals surface area contributed by atoms with Gasteiger partial charge in [-0.1, -0.05) is 48.0 Å². The van der Waals surface area contributed by atoms with Crippen LogP contribution in [0, 0.1) is 6.92 Å². The van der Waals surface area contributed by atoms with Crippen molar-refractivity contribution in [2.45, 2.75) is 13.5 Å². The molecular formula is C29H22ClN3O3S. The second-order valence-electron chi connectivity index (χ2n) is 8.37. The summed E-state index contributed by atoms with van der Waals surface area (Å²) in [7, 11) is 0. The van der Waals surface area contributed by atoms with Gasteiger partial charge in [-0.25, -0.2) is 4.98 Å². The van der Waals surface area contributed by atoms with E-state index in [2.05, 4.69) is 15.6 Å². The van der Waals surface area contributed by atoms with Gasteiger partial charge in [-0.2, -0.15) is 0 Å². The van der Waals surface area contributed by atoms with E-state index in [9.17, 15) is 4.79 Å². The van der Waals surface area contributed by atoms with Crippen molar-refractivity contribution >= 4 is 51.6 Å². The average Bonchev–Trinajstić information content (AvgIpc) is 3.33. The largest absolute Gasteiger partial charge is 0.489 e. The standard InChI is InChI=1S/C29H22ClN3O3S/c1-18-7-8-21(15-24(18)30)28-32-25-16-22(11-14-26(25)36-28)31-29(37)33-27(34)20-9-12-23(13-10-20)35-17-19-5-3-2-4-6-19/h2-16H,17H2,1H3,(H2,31,33,34,37). The number of amides is 1. The van der Waals surface area contributed by atoms with Crippen LogP contribution in [0.25, 0.3) is 22.6 Å². The Balaban J connectivity index is 1.19. The van der Waals surface area contributed by atoms with E-state index in [1.807, 2.05) is 55.5 Å². The molecule has 0 aliphatic heterocycles. The van der Waals surface area contributed by atoms with Gasteiger partial charge in [0.05, 0.1) is 0 Å². The van der Waals surface area contributed by atoms with Crippen molar-refractivity contribution in [3.8, 4) is 17.2 Å². The first-order valence-electron chi connectivity index (χ1n) is 11.5. The zero-order chi connectivity index (χ0) is 25.8. The summed E-state index contributed by atoms with van der Waals surface area (Å²) in [5, 5.41) is 6.54. The number of aromatic nitrogens is 1. The minimum absolute atomic E-state index is 0.169. The van der Waals surface area contributed by atoms with Gasteiger partial charge in [0.25, 0.3) is 5.91 Å². The van der Waals surface area contributed by atoms with Crippen LogP contribution >= 0.6 is 23.8 Å². The minimum Gasteiger partial charge on any atom is -0.489 e. The molecule has 1 heterocycles. The fraction of sp³-hybridized carbons (Fsp3) is 0.0690. The van der Waals surface area contributed by atoms with Gasteiger partial charge in [0.1, 0.15) is 17.9 Å². The number of ether oxygens (including phenoxy) is 1. The first-order valence-corrected chi connectivity index (χ1v) is 12.3. The number of halogens is 1. The zero-order valence-corrected chi connectivity index (χ0v) is 21.4. The molecule has 8 heteroatoms. The highest BCUT2D eigenvalue weighted by Gasteiger charge is 2.12. The molecule has 0 aliphatic rings. The highest BCUT2D eigenvalue weighted by molar-refractivity contribution is 7.80. The third-order valence-corrected chi connectivity index (χ3v) is 6.27. The number of thiocarbonyl (C=S) groups is 1. The van der Waals surface area contributed by atoms with Crippen molar-refractivity contribution < 1.29 is 13.9 Å². The quantitative estimate of drug-likeness (QED) is 0.228. The summed E-state index contributed by atoms with van der Waals surface area (Å²) >= 11 is 11.6. The minimum atomic E-state index is -0.326. The van der Waals surface area contributed by atoms with E-state index in [1.165, 1.54) is 0 Å². The Morgan fingerprint density at radius 1 is 1.00 bits per heavy atom. The van der Waals surface area contributed by atoms with Gasteiger partial charge >= 0.3 is 0 Å². The monoisotopic (exact) mass is 527 g/mol. The molecular weight excluding hydrogens is 506 g/mol. The van der Waals surface area contributed by atoms with E-state index in [0.29, 0.717) is 45.6 Å². The second-order valence-corrected chi connectivity index (χ2v) is 9.19. The summed E-state index contributed by atoms with van der Waals surface area (Å²) in [6.45, 7) is 2.39. The SMILES string of the molecule is Cc1ccc(-c2nc3cc(NC(=S)NC(=O)c4ccc(OCc5ccccc5)cc4)ccc3o2)cc1Cl. The molecule has 5 rings (SSSR count). The van der Waals surface area contributed by atoms with E-state index in [4.69, 9.17) is 33.0 Å². The molecule has 0 unspecified atom stereocenters. The lowest BCUT2D eigenvalue weighted by Gasteiger charge is -2.10. The molecule has 0 fully saturated rings. The Hall–Kier alpha value is -4.20. The number of anilines is 1. The lowest BCUT2D eigenvalue weighted by molar-refractivity contribution is 0.0977. The smallest absolute Gasteiger partial charge is 0.257 e. The molecule has 0 saturated carbocycles. The van der Waals surface area contributed by atoms with Crippen LogP contribution < -0.4 is 15.4 Å². The Morgan fingerprint density at radius 3 is 2.54 bits per heavy atom. The molecule has 0 bridgehead atoms. The summed E-state index contributed by atoms with van der Waals surface area (Å²) in [5.74, 6) is 0.823. The molecule has 5 aromatic rings. The Labute approximate surface area is 224 Å². The fourth-order valence-electron chi connectivity index (χ4n) is 3.64. The van der Waals surface area contributed by atoms with E-state index < -0.39 is 0 Å². The normalized spacial score (nSPS) is 10.8. The topological polar surface area (TPSA) is 76.4 Å². The lowest BCUT2D eigenvalue weighted by atomic mass is 10.1. The van der Waals surface area contributed by atoms with Crippen LogP contribution in [-0.2, 0) is 6.61 Å². The molecule has 1 aromatic heterocycles. The van der Waals surface area contributed by atoms with E-state index in [1.54, 1.807) is 42.5 Å². The molecule has 2 N–H and O–H groups in total. The number of fused-ring (bicyclic) bond motifs is 1.